The number of rotatable bonds is 8. The number of amides is 1. The zero-order valence-corrected chi connectivity index (χ0v) is 17.2. The van der Waals surface area contributed by atoms with Gasteiger partial charge in [-0.3, -0.25) is 4.79 Å². The van der Waals surface area contributed by atoms with Crippen molar-refractivity contribution >= 4 is 28.6 Å². The molecule has 3 aromatic rings. The van der Waals surface area contributed by atoms with Gasteiger partial charge in [0, 0.05) is 25.2 Å². The number of anilines is 1. The second kappa shape index (κ2) is 8.26. The Morgan fingerprint density at radius 1 is 1.43 bits per heavy atom. The highest BCUT2D eigenvalue weighted by molar-refractivity contribution is 7.12. The monoisotopic (exact) mass is 402 g/mol. The summed E-state index contributed by atoms with van der Waals surface area (Å²) in [7, 11) is 0. The van der Waals surface area contributed by atoms with E-state index < -0.39 is 5.54 Å². The number of aromatic nitrogens is 3. The molecule has 0 aromatic carbocycles. The minimum atomic E-state index is -0.668. The standard InChI is InChI=1S/C19H26N6O2S/c1-4-24(6-5-20)14-8-21-17-15(9-22-25(17)10-14)13-7-16(28-11-13)18(27)23-19(2,3)12-26/h7-11,26H,4-6,12,20H2,1-3H3,(H,23,27). The first-order chi connectivity index (χ1) is 13.4. The lowest BCUT2D eigenvalue weighted by Crippen LogP contribution is -2.46. The fourth-order valence-corrected chi connectivity index (χ4v) is 3.66. The van der Waals surface area contributed by atoms with E-state index in [9.17, 15) is 9.90 Å². The SMILES string of the molecule is CCN(CCN)c1cnc2c(-c3csc(C(=O)NC(C)(C)CO)c3)cnn2c1. The first-order valence-electron chi connectivity index (χ1n) is 9.19. The number of thiophene rings is 1. The maximum Gasteiger partial charge on any atom is 0.261 e. The van der Waals surface area contributed by atoms with Crippen LogP contribution >= 0.6 is 11.3 Å². The van der Waals surface area contributed by atoms with Gasteiger partial charge in [-0.1, -0.05) is 0 Å². The Kier molecular flexibility index (Phi) is 5.97. The number of nitrogens with zero attached hydrogens (tertiary/aromatic N) is 4. The van der Waals surface area contributed by atoms with Gasteiger partial charge in [-0.2, -0.15) is 5.10 Å². The topological polar surface area (TPSA) is 109 Å². The average molecular weight is 403 g/mol. The Balaban J connectivity index is 1.87. The third-order valence-corrected chi connectivity index (χ3v) is 5.40. The van der Waals surface area contributed by atoms with Gasteiger partial charge in [0.15, 0.2) is 5.65 Å². The van der Waals surface area contributed by atoms with Crippen LogP contribution in [0, 0.1) is 0 Å². The van der Waals surface area contributed by atoms with Crippen molar-refractivity contribution in [3.63, 3.8) is 0 Å². The molecule has 3 rings (SSSR count). The predicted octanol–water partition coefficient (Wildman–Crippen LogP) is 1.74. The summed E-state index contributed by atoms with van der Waals surface area (Å²) in [6.45, 7) is 7.66. The molecule has 4 N–H and O–H groups in total. The van der Waals surface area contributed by atoms with Crippen molar-refractivity contribution in [2.75, 3.05) is 31.1 Å². The fourth-order valence-electron chi connectivity index (χ4n) is 2.86. The molecule has 0 spiro atoms. The van der Waals surface area contributed by atoms with Crippen LogP contribution in [0.5, 0.6) is 0 Å². The highest BCUT2D eigenvalue weighted by Crippen LogP contribution is 2.29. The summed E-state index contributed by atoms with van der Waals surface area (Å²) < 4.78 is 1.75. The number of nitrogens with one attached hydrogen (secondary N) is 1. The highest BCUT2D eigenvalue weighted by atomic mass is 32.1. The fraction of sp³-hybridized carbons (Fsp3) is 0.421. The lowest BCUT2D eigenvalue weighted by atomic mass is 10.1. The van der Waals surface area contributed by atoms with Gasteiger partial charge in [-0.15, -0.1) is 11.3 Å². The first kappa shape index (κ1) is 20.2. The molecule has 0 radical (unpaired) electrons. The maximum absolute atomic E-state index is 12.4. The molecule has 150 valence electrons. The molecule has 0 aliphatic heterocycles. The molecule has 0 fully saturated rings. The van der Waals surface area contributed by atoms with Crippen molar-refractivity contribution in [1.29, 1.82) is 0 Å². The summed E-state index contributed by atoms with van der Waals surface area (Å²) in [5.74, 6) is -0.206. The van der Waals surface area contributed by atoms with Gasteiger partial charge < -0.3 is 21.1 Å². The van der Waals surface area contributed by atoms with Crippen molar-refractivity contribution in [2.45, 2.75) is 26.3 Å². The average Bonchev–Trinajstić information content (AvgIpc) is 3.32. The summed E-state index contributed by atoms with van der Waals surface area (Å²) in [6.07, 6.45) is 5.52. The molecule has 0 saturated carbocycles. The Bertz CT molecular complexity index is 964. The lowest BCUT2D eigenvalue weighted by molar-refractivity contribution is 0.0873. The van der Waals surface area contributed by atoms with Crippen molar-refractivity contribution in [1.82, 2.24) is 19.9 Å². The summed E-state index contributed by atoms with van der Waals surface area (Å²) in [5, 5.41) is 18.5. The van der Waals surface area contributed by atoms with Crippen LogP contribution in [0.3, 0.4) is 0 Å². The smallest absolute Gasteiger partial charge is 0.261 e. The quantitative estimate of drug-likeness (QED) is 0.530. The van der Waals surface area contributed by atoms with Crippen molar-refractivity contribution < 1.29 is 9.90 Å². The van der Waals surface area contributed by atoms with Crippen LogP contribution < -0.4 is 16.0 Å². The summed E-state index contributed by atoms with van der Waals surface area (Å²) in [6, 6.07) is 1.83. The number of carbonyl (C=O) groups excluding carboxylic acids is 1. The molecule has 9 heteroatoms. The number of aliphatic hydroxyl groups is 1. The molecule has 1 amide bonds. The van der Waals surface area contributed by atoms with E-state index in [1.54, 1.807) is 24.6 Å². The third-order valence-electron chi connectivity index (χ3n) is 4.47. The molecular formula is C19H26N6O2S. The Morgan fingerprint density at radius 3 is 2.89 bits per heavy atom. The van der Waals surface area contributed by atoms with Crippen LogP contribution in [-0.2, 0) is 0 Å². The minimum absolute atomic E-state index is 0.129. The van der Waals surface area contributed by atoms with Crippen LogP contribution in [0.25, 0.3) is 16.8 Å². The summed E-state index contributed by atoms with van der Waals surface area (Å²) >= 11 is 1.35. The molecule has 0 bridgehead atoms. The predicted molar refractivity (Wildman–Crippen MR) is 112 cm³/mol. The third kappa shape index (κ3) is 4.16. The molecule has 28 heavy (non-hydrogen) atoms. The van der Waals surface area contributed by atoms with Gasteiger partial charge in [0.05, 0.1) is 41.3 Å². The van der Waals surface area contributed by atoms with E-state index in [0.717, 1.165) is 35.6 Å². The molecular weight excluding hydrogens is 376 g/mol. The molecule has 3 heterocycles. The molecule has 0 aliphatic rings. The van der Waals surface area contributed by atoms with E-state index >= 15 is 0 Å². The molecule has 3 aromatic heterocycles. The van der Waals surface area contributed by atoms with Crippen LogP contribution in [0.1, 0.15) is 30.4 Å². The minimum Gasteiger partial charge on any atom is -0.394 e. The second-order valence-electron chi connectivity index (χ2n) is 7.20. The molecule has 0 saturated heterocycles. The molecule has 8 nitrogen and oxygen atoms in total. The van der Waals surface area contributed by atoms with Gasteiger partial charge in [-0.05, 0) is 37.8 Å². The normalized spacial score (nSPS) is 11.8. The lowest BCUT2D eigenvalue weighted by Gasteiger charge is -2.22. The van der Waals surface area contributed by atoms with Crippen LogP contribution in [0.15, 0.2) is 30.0 Å². The van der Waals surface area contributed by atoms with E-state index in [4.69, 9.17) is 5.73 Å². The molecule has 0 atom stereocenters. The zero-order chi connectivity index (χ0) is 20.3. The first-order valence-corrected chi connectivity index (χ1v) is 10.1. The van der Waals surface area contributed by atoms with E-state index in [1.807, 2.05) is 23.8 Å². The number of likely N-dealkylation sites (N-methyl/N-ethyl adjacent to an activating group) is 1. The Hall–Kier alpha value is -2.49. The molecule has 0 unspecified atom stereocenters. The molecule has 0 aliphatic carbocycles. The summed E-state index contributed by atoms with van der Waals surface area (Å²) in [5.41, 5.74) is 8.46. The second-order valence-corrected chi connectivity index (χ2v) is 8.11. The summed E-state index contributed by atoms with van der Waals surface area (Å²) in [4.78, 5) is 19.7. The number of carbonyl (C=O) groups is 1. The van der Waals surface area contributed by atoms with Gasteiger partial charge in [0.25, 0.3) is 5.91 Å². The number of nitrogens with two attached hydrogens (primary N) is 1. The Morgan fingerprint density at radius 2 is 2.21 bits per heavy atom. The van der Waals surface area contributed by atoms with Crippen LogP contribution in [0.4, 0.5) is 5.69 Å². The van der Waals surface area contributed by atoms with Gasteiger partial charge in [-0.25, -0.2) is 9.50 Å². The Labute approximate surface area is 168 Å². The van der Waals surface area contributed by atoms with Crippen molar-refractivity contribution in [3.05, 3.63) is 34.9 Å². The van der Waals surface area contributed by atoms with E-state index in [0.29, 0.717) is 11.4 Å². The van der Waals surface area contributed by atoms with Crippen LogP contribution in [0.2, 0.25) is 0 Å². The largest absolute Gasteiger partial charge is 0.394 e. The number of hydrogen-bond donors (Lipinski definition) is 3. The number of aliphatic hydroxyl groups excluding tert-OH is 1. The van der Waals surface area contributed by atoms with E-state index in [-0.39, 0.29) is 12.5 Å². The van der Waals surface area contributed by atoms with E-state index in [1.165, 1.54) is 11.3 Å². The number of hydrogen-bond acceptors (Lipinski definition) is 7. The van der Waals surface area contributed by atoms with Crippen LogP contribution in [-0.4, -0.2) is 57.4 Å². The van der Waals surface area contributed by atoms with Gasteiger partial charge >= 0.3 is 0 Å². The highest BCUT2D eigenvalue weighted by Gasteiger charge is 2.22. The van der Waals surface area contributed by atoms with Crippen molar-refractivity contribution in [3.8, 4) is 11.1 Å². The number of fused-ring (bicyclic) bond motifs is 1. The van der Waals surface area contributed by atoms with E-state index in [2.05, 4.69) is 27.2 Å². The van der Waals surface area contributed by atoms with Crippen molar-refractivity contribution in [2.24, 2.45) is 5.73 Å². The maximum atomic E-state index is 12.4. The van der Waals surface area contributed by atoms with Gasteiger partial charge in [0.2, 0.25) is 0 Å². The van der Waals surface area contributed by atoms with Gasteiger partial charge in [0.1, 0.15) is 0 Å². The zero-order valence-electron chi connectivity index (χ0n) is 16.3.